The van der Waals surface area contributed by atoms with Crippen LogP contribution in [0.1, 0.15) is 32.1 Å². The molecule has 3 aromatic rings. The fourth-order valence-electron chi connectivity index (χ4n) is 2.27. The average Bonchev–Trinajstić information content (AvgIpc) is 3.06. The fourth-order valence-corrected chi connectivity index (χ4v) is 4.68. The van der Waals surface area contributed by atoms with Gasteiger partial charge in [-0.25, -0.2) is 0 Å². The van der Waals surface area contributed by atoms with Gasteiger partial charge in [-0.05, 0) is 24.3 Å². The van der Waals surface area contributed by atoms with Crippen LogP contribution in [0.2, 0.25) is 0 Å². The molecule has 0 atom stereocenters. The van der Waals surface area contributed by atoms with Gasteiger partial charge in [-0.15, -0.1) is 10.2 Å². The maximum atomic E-state index is 12.1. The van der Waals surface area contributed by atoms with Crippen molar-refractivity contribution in [1.82, 2.24) is 20.3 Å². The number of anilines is 1. The number of hydrogen-bond acceptors (Lipinski definition) is 9. The first-order chi connectivity index (χ1) is 12.2. The molecule has 4 rings (SSSR count). The molecule has 1 amide bonds. The molecule has 1 aliphatic rings. The van der Waals surface area contributed by atoms with Gasteiger partial charge in [-0.3, -0.25) is 9.69 Å². The molecule has 0 unspecified atom stereocenters. The molecule has 0 bridgehead atoms. The summed E-state index contributed by atoms with van der Waals surface area (Å²) in [7, 11) is 0. The van der Waals surface area contributed by atoms with E-state index in [4.69, 9.17) is 4.52 Å². The van der Waals surface area contributed by atoms with E-state index < -0.39 is 0 Å². The summed E-state index contributed by atoms with van der Waals surface area (Å²) < 4.78 is 6.07. The van der Waals surface area contributed by atoms with Crippen LogP contribution in [0.25, 0.3) is 11.4 Å². The summed E-state index contributed by atoms with van der Waals surface area (Å²) >= 11 is 4.52. The van der Waals surface area contributed by atoms with Crippen LogP contribution in [0.15, 0.2) is 25.7 Å². The lowest BCUT2D eigenvalue weighted by Gasteiger charge is -2.17. The second-order valence-electron chi connectivity index (χ2n) is 5.51. The van der Waals surface area contributed by atoms with Crippen molar-refractivity contribution in [3.05, 3.63) is 22.7 Å². The zero-order valence-corrected chi connectivity index (χ0v) is 15.9. The zero-order chi connectivity index (χ0) is 17.2. The first-order valence-electron chi connectivity index (χ1n) is 7.88. The largest absolute Gasteiger partial charge is 0.338 e. The standard InChI is InChI=1S/C15H15N5O2S3/c1-2-12(21)20(10-3-4-10)14-17-18-15(25-14)24-8-11-16-13(19-22-11)9-5-6-23-7-9/h5-7,10H,2-4,8H2,1H3. The van der Waals surface area contributed by atoms with Crippen molar-refractivity contribution in [2.45, 2.75) is 42.3 Å². The van der Waals surface area contributed by atoms with Crippen molar-refractivity contribution in [1.29, 1.82) is 0 Å². The van der Waals surface area contributed by atoms with E-state index in [1.165, 1.54) is 23.1 Å². The molecule has 0 radical (unpaired) electrons. The lowest BCUT2D eigenvalue weighted by atomic mass is 10.3. The average molecular weight is 394 g/mol. The molecule has 3 aromatic heterocycles. The minimum atomic E-state index is 0.104. The summed E-state index contributed by atoms with van der Waals surface area (Å²) in [4.78, 5) is 18.3. The molecule has 1 saturated carbocycles. The van der Waals surface area contributed by atoms with Crippen molar-refractivity contribution in [2.24, 2.45) is 0 Å². The number of rotatable bonds is 7. The van der Waals surface area contributed by atoms with Gasteiger partial charge in [0.05, 0.1) is 5.75 Å². The van der Waals surface area contributed by atoms with Gasteiger partial charge in [0.2, 0.25) is 22.8 Å². The zero-order valence-electron chi connectivity index (χ0n) is 13.4. The van der Waals surface area contributed by atoms with E-state index in [0.717, 1.165) is 22.7 Å². The van der Waals surface area contributed by atoms with E-state index >= 15 is 0 Å². The highest BCUT2D eigenvalue weighted by Crippen LogP contribution is 2.36. The van der Waals surface area contributed by atoms with Crippen LogP contribution in [0.3, 0.4) is 0 Å². The van der Waals surface area contributed by atoms with Gasteiger partial charge in [-0.2, -0.15) is 16.3 Å². The van der Waals surface area contributed by atoms with Crippen LogP contribution >= 0.6 is 34.4 Å². The van der Waals surface area contributed by atoms with Gasteiger partial charge in [0.1, 0.15) is 0 Å². The molecule has 0 spiro atoms. The summed E-state index contributed by atoms with van der Waals surface area (Å²) in [6.07, 6.45) is 2.56. The molecule has 10 heteroatoms. The number of thioether (sulfide) groups is 1. The van der Waals surface area contributed by atoms with E-state index in [1.807, 2.05) is 23.8 Å². The maximum Gasteiger partial charge on any atom is 0.237 e. The Bertz CT molecular complexity index is 856. The summed E-state index contributed by atoms with van der Waals surface area (Å²) in [5.41, 5.74) is 0.960. The predicted octanol–water partition coefficient (Wildman–Crippen LogP) is 3.85. The third kappa shape index (κ3) is 3.75. The third-order valence-electron chi connectivity index (χ3n) is 3.65. The Morgan fingerprint density at radius 1 is 1.44 bits per heavy atom. The highest BCUT2D eigenvalue weighted by molar-refractivity contribution is 8.00. The normalized spacial score (nSPS) is 14.0. The number of thiophene rings is 1. The van der Waals surface area contributed by atoms with E-state index in [1.54, 1.807) is 16.2 Å². The SMILES string of the molecule is CCC(=O)N(c1nnc(SCc2nc(-c3ccsc3)no2)s1)C1CC1. The Hall–Kier alpha value is -1.78. The molecule has 7 nitrogen and oxygen atoms in total. The van der Waals surface area contributed by atoms with E-state index in [2.05, 4.69) is 20.3 Å². The molecule has 1 fully saturated rings. The Balaban J connectivity index is 1.40. The number of carbonyl (C=O) groups is 1. The molecule has 3 heterocycles. The topological polar surface area (TPSA) is 85.0 Å². The molecular formula is C15H15N5O2S3. The molecule has 0 N–H and O–H groups in total. The van der Waals surface area contributed by atoms with Gasteiger partial charge in [-0.1, -0.05) is 35.2 Å². The van der Waals surface area contributed by atoms with Gasteiger partial charge in [0.15, 0.2) is 4.34 Å². The predicted molar refractivity (Wildman–Crippen MR) is 97.9 cm³/mol. The van der Waals surface area contributed by atoms with Crippen molar-refractivity contribution < 1.29 is 9.32 Å². The van der Waals surface area contributed by atoms with Crippen molar-refractivity contribution >= 4 is 45.5 Å². The van der Waals surface area contributed by atoms with Crippen LogP contribution in [0.5, 0.6) is 0 Å². The van der Waals surface area contributed by atoms with Crippen LogP contribution in [-0.2, 0) is 10.5 Å². The Morgan fingerprint density at radius 3 is 3.04 bits per heavy atom. The summed E-state index contributed by atoms with van der Waals surface area (Å²) in [5, 5.41) is 17.0. The van der Waals surface area contributed by atoms with Gasteiger partial charge >= 0.3 is 0 Å². The Kier molecular flexibility index (Phi) is 4.82. The molecule has 1 aliphatic carbocycles. The highest BCUT2D eigenvalue weighted by Gasteiger charge is 2.35. The smallest absolute Gasteiger partial charge is 0.237 e. The number of hydrogen-bond donors (Lipinski definition) is 0. The highest BCUT2D eigenvalue weighted by atomic mass is 32.2. The van der Waals surface area contributed by atoms with E-state index in [-0.39, 0.29) is 5.91 Å². The van der Waals surface area contributed by atoms with Crippen LogP contribution < -0.4 is 4.90 Å². The Labute approximate surface area is 156 Å². The number of amides is 1. The van der Waals surface area contributed by atoms with Crippen LogP contribution in [0.4, 0.5) is 5.13 Å². The number of aromatic nitrogens is 4. The van der Waals surface area contributed by atoms with Crippen LogP contribution in [0, 0.1) is 0 Å². The molecule has 130 valence electrons. The second-order valence-corrected chi connectivity index (χ2v) is 8.47. The Morgan fingerprint density at radius 2 is 2.32 bits per heavy atom. The lowest BCUT2D eigenvalue weighted by molar-refractivity contribution is -0.118. The summed E-state index contributed by atoms with van der Waals surface area (Å²) in [5.74, 6) is 1.78. The molecular weight excluding hydrogens is 378 g/mol. The van der Waals surface area contributed by atoms with E-state index in [0.29, 0.717) is 35.1 Å². The number of carbonyl (C=O) groups excluding carboxylic acids is 1. The first-order valence-corrected chi connectivity index (χ1v) is 10.6. The van der Waals surface area contributed by atoms with E-state index in [9.17, 15) is 4.79 Å². The van der Waals surface area contributed by atoms with Crippen molar-refractivity contribution in [3.8, 4) is 11.4 Å². The van der Waals surface area contributed by atoms with Gasteiger partial charge in [0, 0.05) is 23.4 Å². The molecule has 0 aromatic carbocycles. The molecule has 0 aliphatic heterocycles. The minimum absolute atomic E-state index is 0.104. The number of nitrogens with zero attached hydrogens (tertiary/aromatic N) is 5. The van der Waals surface area contributed by atoms with Gasteiger partial charge in [0.25, 0.3) is 0 Å². The third-order valence-corrected chi connectivity index (χ3v) is 6.38. The van der Waals surface area contributed by atoms with Crippen molar-refractivity contribution in [3.63, 3.8) is 0 Å². The minimum Gasteiger partial charge on any atom is -0.338 e. The molecule has 0 saturated heterocycles. The van der Waals surface area contributed by atoms with Crippen LogP contribution in [-0.4, -0.2) is 32.3 Å². The summed E-state index contributed by atoms with van der Waals surface area (Å²) in [6, 6.07) is 2.25. The maximum absolute atomic E-state index is 12.1. The van der Waals surface area contributed by atoms with Crippen molar-refractivity contribution in [2.75, 3.05) is 4.90 Å². The second kappa shape index (κ2) is 7.22. The lowest BCUT2D eigenvalue weighted by Crippen LogP contribution is -2.32. The summed E-state index contributed by atoms with van der Waals surface area (Å²) in [6.45, 7) is 1.87. The quantitative estimate of drug-likeness (QED) is 0.445. The monoisotopic (exact) mass is 393 g/mol. The first kappa shape index (κ1) is 16.7. The molecule has 25 heavy (non-hydrogen) atoms. The fraction of sp³-hybridized carbons (Fsp3) is 0.400. The van der Waals surface area contributed by atoms with Gasteiger partial charge < -0.3 is 4.52 Å².